The van der Waals surface area contributed by atoms with Gasteiger partial charge in [0.2, 0.25) is 5.91 Å². The third-order valence-electron chi connectivity index (χ3n) is 4.45. The van der Waals surface area contributed by atoms with Crippen LogP contribution in [0.2, 0.25) is 0 Å². The van der Waals surface area contributed by atoms with Crippen LogP contribution in [0.15, 0.2) is 48.5 Å². The Balaban J connectivity index is 1.49. The van der Waals surface area contributed by atoms with E-state index in [4.69, 9.17) is 4.74 Å². The molecule has 1 aliphatic rings. The van der Waals surface area contributed by atoms with Crippen molar-refractivity contribution in [3.05, 3.63) is 54.1 Å². The second-order valence-corrected chi connectivity index (χ2v) is 6.83. The SMILES string of the molecule is CC(C)CCOc1ccc(NCC(=O)N2CCc3ccccc32)cc1. The number of benzene rings is 2. The van der Waals surface area contributed by atoms with Crippen LogP contribution in [0.4, 0.5) is 11.4 Å². The Morgan fingerprint density at radius 2 is 1.92 bits per heavy atom. The predicted octanol–water partition coefficient (Wildman–Crippen LogP) is 4.11. The van der Waals surface area contributed by atoms with E-state index in [0.29, 0.717) is 12.5 Å². The highest BCUT2D eigenvalue weighted by Gasteiger charge is 2.23. The topological polar surface area (TPSA) is 41.6 Å². The number of para-hydroxylation sites is 1. The molecule has 0 unspecified atom stereocenters. The summed E-state index contributed by atoms with van der Waals surface area (Å²) >= 11 is 0. The van der Waals surface area contributed by atoms with Crippen LogP contribution in [-0.2, 0) is 11.2 Å². The lowest BCUT2D eigenvalue weighted by atomic mass is 10.1. The van der Waals surface area contributed by atoms with Crippen molar-refractivity contribution in [1.82, 2.24) is 0 Å². The molecule has 0 saturated heterocycles. The standard InChI is InChI=1S/C21H26N2O2/c1-16(2)12-14-25-19-9-7-18(8-10-19)22-15-21(24)23-13-11-17-5-3-4-6-20(17)23/h3-10,16,22H,11-15H2,1-2H3. The molecule has 4 nitrogen and oxygen atoms in total. The summed E-state index contributed by atoms with van der Waals surface area (Å²) in [5.41, 5.74) is 3.22. The highest BCUT2D eigenvalue weighted by Crippen LogP contribution is 2.27. The largest absolute Gasteiger partial charge is 0.494 e. The Hall–Kier alpha value is -2.49. The van der Waals surface area contributed by atoms with Crippen LogP contribution in [0, 0.1) is 5.92 Å². The predicted molar refractivity (Wildman–Crippen MR) is 102 cm³/mol. The summed E-state index contributed by atoms with van der Waals surface area (Å²) in [6.07, 6.45) is 1.98. The average Bonchev–Trinajstić information content (AvgIpc) is 3.05. The number of hydrogen-bond donors (Lipinski definition) is 1. The molecule has 1 aliphatic heterocycles. The maximum atomic E-state index is 12.5. The molecule has 3 rings (SSSR count). The molecular weight excluding hydrogens is 312 g/mol. The van der Waals surface area contributed by atoms with Crippen LogP contribution >= 0.6 is 0 Å². The van der Waals surface area contributed by atoms with Crippen LogP contribution < -0.4 is 15.0 Å². The zero-order valence-electron chi connectivity index (χ0n) is 15.0. The van der Waals surface area contributed by atoms with Gasteiger partial charge in [0.05, 0.1) is 13.2 Å². The molecule has 0 fully saturated rings. The lowest BCUT2D eigenvalue weighted by Crippen LogP contribution is -2.34. The van der Waals surface area contributed by atoms with Gasteiger partial charge in [-0.3, -0.25) is 4.79 Å². The summed E-state index contributed by atoms with van der Waals surface area (Å²) in [5, 5.41) is 3.21. The summed E-state index contributed by atoms with van der Waals surface area (Å²) in [6.45, 7) is 6.17. The van der Waals surface area contributed by atoms with Gasteiger partial charge in [0.15, 0.2) is 0 Å². The van der Waals surface area contributed by atoms with Gasteiger partial charge >= 0.3 is 0 Å². The van der Waals surface area contributed by atoms with Gasteiger partial charge in [-0.25, -0.2) is 0 Å². The molecule has 0 bridgehead atoms. The zero-order valence-corrected chi connectivity index (χ0v) is 15.0. The number of hydrogen-bond acceptors (Lipinski definition) is 3. The van der Waals surface area contributed by atoms with Crippen molar-refractivity contribution in [2.75, 3.05) is 29.9 Å². The fraction of sp³-hybridized carbons (Fsp3) is 0.381. The average molecular weight is 338 g/mol. The van der Waals surface area contributed by atoms with Gasteiger partial charge in [-0.15, -0.1) is 0 Å². The normalized spacial score (nSPS) is 13.0. The Morgan fingerprint density at radius 3 is 2.68 bits per heavy atom. The molecule has 0 saturated carbocycles. The van der Waals surface area contributed by atoms with E-state index in [-0.39, 0.29) is 5.91 Å². The van der Waals surface area contributed by atoms with Gasteiger partial charge < -0.3 is 15.0 Å². The minimum atomic E-state index is 0.0993. The molecule has 1 N–H and O–H groups in total. The smallest absolute Gasteiger partial charge is 0.246 e. The summed E-state index contributed by atoms with van der Waals surface area (Å²) in [4.78, 5) is 14.4. The van der Waals surface area contributed by atoms with E-state index in [2.05, 4.69) is 25.2 Å². The molecule has 2 aromatic rings. The highest BCUT2D eigenvalue weighted by atomic mass is 16.5. The molecule has 132 valence electrons. The zero-order chi connectivity index (χ0) is 17.6. The van der Waals surface area contributed by atoms with Crippen molar-refractivity contribution in [2.24, 2.45) is 5.92 Å². The van der Waals surface area contributed by atoms with Gasteiger partial charge in [0.1, 0.15) is 5.75 Å². The van der Waals surface area contributed by atoms with E-state index in [1.165, 1.54) is 5.56 Å². The van der Waals surface area contributed by atoms with Crippen LogP contribution in [0.5, 0.6) is 5.75 Å². The summed E-state index contributed by atoms with van der Waals surface area (Å²) in [7, 11) is 0. The first kappa shape index (κ1) is 17.3. The van der Waals surface area contributed by atoms with Crippen LogP contribution in [0.1, 0.15) is 25.8 Å². The number of ether oxygens (including phenoxy) is 1. The first-order valence-corrected chi connectivity index (χ1v) is 8.98. The number of anilines is 2. The molecule has 0 spiro atoms. The third kappa shape index (κ3) is 4.53. The number of rotatable bonds is 7. The monoisotopic (exact) mass is 338 g/mol. The fourth-order valence-corrected chi connectivity index (χ4v) is 2.95. The Labute approximate surface area is 149 Å². The van der Waals surface area contributed by atoms with Crippen LogP contribution in [0.3, 0.4) is 0 Å². The number of carbonyl (C=O) groups excluding carboxylic acids is 1. The van der Waals surface area contributed by atoms with E-state index in [9.17, 15) is 4.79 Å². The third-order valence-corrected chi connectivity index (χ3v) is 4.45. The lowest BCUT2D eigenvalue weighted by molar-refractivity contribution is -0.116. The van der Waals surface area contributed by atoms with Crippen molar-refractivity contribution in [2.45, 2.75) is 26.7 Å². The van der Waals surface area contributed by atoms with Gasteiger partial charge in [0.25, 0.3) is 0 Å². The molecule has 25 heavy (non-hydrogen) atoms. The molecule has 0 aliphatic carbocycles. The summed E-state index contributed by atoms with van der Waals surface area (Å²) in [6, 6.07) is 15.9. The van der Waals surface area contributed by atoms with Crippen molar-refractivity contribution in [3.63, 3.8) is 0 Å². The van der Waals surface area contributed by atoms with Crippen molar-refractivity contribution in [3.8, 4) is 5.75 Å². The minimum Gasteiger partial charge on any atom is -0.494 e. The van der Waals surface area contributed by atoms with E-state index >= 15 is 0 Å². The number of carbonyl (C=O) groups is 1. The lowest BCUT2D eigenvalue weighted by Gasteiger charge is -2.18. The first-order valence-electron chi connectivity index (χ1n) is 8.98. The Kier molecular flexibility index (Phi) is 5.59. The second-order valence-electron chi connectivity index (χ2n) is 6.83. The van der Waals surface area contributed by atoms with Gasteiger partial charge in [-0.1, -0.05) is 32.0 Å². The van der Waals surface area contributed by atoms with Crippen molar-refractivity contribution < 1.29 is 9.53 Å². The number of nitrogens with one attached hydrogen (secondary N) is 1. The Bertz CT molecular complexity index is 710. The molecule has 4 heteroatoms. The second kappa shape index (κ2) is 8.06. The Morgan fingerprint density at radius 1 is 1.16 bits per heavy atom. The van der Waals surface area contributed by atoms with Crippen molar-refractivity contribution in [1.29, 1.82) is 0 Å². The molecular formula is C21H26N2O2. The first-order chi connectivity index (χ1) is 12.1. The molecule has 0 radical (unpaired) electrons. The maximum absolute atomic E-state index is 12.5. The molecule has 2 aromatic carbocycles. The summed E-state index contributed by atoms with van der Waals surface area (Å²) < 4.78 is 5.71. The molecule has 0 atom stereocenters. The van der Waals surface area contributed by atoms with E-state index in [0.717, 1.165) is 43.1 Å². The van der Waals surface area contributed by atoms with Gasteiger partial charge in [-0.2, -0.15) is 0 Å². The van der Waals surface area contributed by atoms with E-state index in [1.807, 2.05) is 47.4 Å². The van der Waals surface area contributed by atoms with Gasteiger partial charge in [0, 0.05) is 17.9 Å². The van der Waals surface area contributed by atoms with E-state index in [1.54, 1.807) is 0 Å². The van der Waals surface area contributed by atoms with Gasteiger partial charge in [-0.05, 0) is 54.7 Å². The van der Waals surface area contributed by atoms with E-state index < -0.39 is 0 Å². The molecule has 0 aromatic heterocycles. The van der Waals surface area contributed by atoms with Crippen LogP contribution in [-0.4, -0.2) is 25.6 Å². The highest BCUT2D eigenvalue weighted by molar-refractivity contribution is 5.98. The number of nitrogens with zero attached hydrogens (tertiary/aromatic N) is 1. The number of fused-ring (bicyclic) bond motifs is 1. The molecule has 1 amide bonds. The minimum absolute atomic E-state index is 0.0993. The quantitative estimate of drug-likeness (QED) is 0.826. The molecule has 1 heterocycles. The fourth-order valence-electron chi connectivity index (χ4n) is 2.95. The van der Waals surface area contributed by atoms with Crippen LogP contribution in [0.25, 0.3) is 0 Å². The van der Waals surface area contributed by atoms with Crippen molar-refractivity contribution >= 4 is 17.3 Å². The maximum Gasteiger partial charge on any atom is 0.246 e. The summed E-state index contributed by atoms with van der Waals surface area (Å²) in [5.74, 6) is 1.61. The number of amides is 1.